The molecular weight excluding hydrogens is 392 g/mol. The Morgan fingerprint density at radius 1 is 1.21 bits per heavy atom. The van der Waals surface area contributed by atoms with Gasteiger partial charge in [-0.3, -0.25) is 9.36 Å². The van der Waals surface area contributed by atoms with Crippen molar-refractivity contribution in [3.8, 4) is 17.3 Å². The molecule has 0 atom stereocenters. The molecule has 0 aliphatic rings. The SMILES string of the molecule is CC(C)c1noc(-c2ccc(-n3cnc(C(=O)Nc4cccc(Cl)c4)c3)nc2)n1. The molecule has 8 nitrogen and oxygen atoms in total. The summed E-state index contributed by atoms with van der Waals surface area (Å²) in [6.07, 6.45) is 4.77. The molecular formula is C20H17ClN6O2. The Balaban J connectivity index is 1.49. The van der Waals surface area contributed by atoms with Gasteiger partial charge in [-0.25, -0.2) is 9.97 Å². The molecule has 0 saturated carbocycles. The Morgan fingerprint density at radius 3 is 2.76 bits per heavy atom. The van der Waals surface area contributed by atoms with E-state index in [0.717, 1.165) is 0 Å². The van der Waals surface area contributed by atoms with E-state index in [1.165, 1.54) is 6.33 Å². The zero-order chi connectivity index (χ0) is 20.4. The van der Waals surface area contributed by atoms with E-state index in [4.69, 9.17) is 16.1 Å². The lowest BCUT2D eigenvalue weighted by Gasteiger charge is -2.03. The molecule has 0 spiro atoms. The van der Waals surface area contributed by atoms with Crippen LogP contribution in [0.2, 0.25) is 5.02 Å². The summed E-state index contributed by atoms with van der Waals surface area (Å²) >= 11 is 5.94. The van der Waals surface area contributed by atoms with Crippen LogP contribution >= 0.6 is 11.6 Å². The molecule has 4 aromatic rings. The fourth-order valence-electron chi connectivity index (χ4n) is 2.58. The van der Waals surface area contributed by atoms with E-state index in [1.54, 1.807) is 47.3 Å². The van der Waals surface area contributed by atoms with Crippen LogP contribution < -0.4 is 5.32 Å². The predicted octanol–water partition coefficient (Wildman–Crippen LogP) is 4.35. The van der Waals surface area contributed by atoms with Gasteiger partial charge >= 0.3 is 0 Å². The first-order chi connectivity index (χ1) is 14.0. The molecule has 1 N–H and O–H groups in total. The minimum atomic E-state index is -0.338. The topological polar surface area (TPSA) is 98.7 Å². The lowest BCUT2D eigenvalue weighted by Crippen LogP contribution is -2.12. The van der Waals surface area contributed by atoms with Gasteiger partial charge in [-0.15, -0.1) is 0 Å². The number of anilines is 1. The van der Waals surface area contributed by atoms with E-state index < -0.39 is 0 Å². The van der Waals surface area contributed by atoms with Crippen LogP contribution in [-0.2, 0) is 0 Å². The monoisotopic (exact) mass is 408 g/mol. The van der Waals surface area contributed by atoms with Crippen molar-refractivity contribution in [3.05, 3.63) is 71.7 Å². The molecule has 0 aliphatic carbocycles. The zero-order valence-corrected chi connectivity index (χ0v) is 16.5. The molecule has 9 heteroatoms. The van der Waals surface area contributed by atoms with Gasteiger partial charge in [0.1, 0.15) is 17.8 Å². The van der Waals surface area contributed by atoms with Crippen LogP contribution in [0.25, 0.3) is 17.3 Å². The molecule has 1 aromatic carbocycles. The number of amides is 1. The number of imidazole rings is 1. The first-order valence-electron chi connectivity index (χ1n) is 8.91. The molecule has 1 amide bonds. The lowest BCUT2D eigenvalue weighted by atomic mass is 10.2. The van der Waals surface area contributed by atoms with Gasteiger partial charge in [0, 0.05) is 29.0 Å². The van der Waals surface area contributed by atoms with Crippen molar-refractivity contribution in [2.75, 3.05) is 5.32 Å². The van der Waals surface area contributed by atoms with Crippen molar-refractivity contribution in [1.82, 2.24) is 24.7 Å². The van der Waals surface area contributed by atoms with Crippen LogP contribution in [0.1, 0.15) is 36.1 Å². The first kappa shape index (κ1) is 18.8. The maximum atomic E-state index is 12.4. The molecule has 0 saturated heterocycles. The number of benzene rings is 1. The largest absolute Gasteiger partial charge is 0.334 e. The van der Waals surface area contributed by atoms with Gasteiger partial charge in [0.15, 0.2) is 5.82 Å². The van der Waals surface area contributed by atoms with Crippen LogP contribution in [0, 0.1) is 0 Å². The highest BCUT2D eigenvalue weighted by Crippen LogP contribution is 2.20. The maximum Gasteiger partial charge on any atom is 0.275 e. The fourth-order valence-corrected chi connectivity index (χ4v) is 2.77. The molecule has 3 aromatic heterocycles. The number of pyridine rings is 1. The highest BCUT2D eigenvalue weighted by Gasteiger charge is 2.14. The number of hydrogen-bond acceptors (Lipinski definition) is 6. The number of carbonyl (C=O) groups is 1. The van der Waals surface area contributed by atoms with Crippen molar-refractivity contribution >= 4 is 23.2 Å². The molecule has 29 heavy (non-hydrogen) atoms. The Labute approximate surface area is 171 Å². The Bertz CT molecular complexity index is 1150. The van der Waals surface area contributed by atoms with E-state index in [9.17, 15) is 4.79 Å². The van der Waals surface area contributed by atoms with Crippen LogP contribution in [0.5, 0.6) is 0 Å². The highest BCUT2D eigenvalue weighted by molar-refractivity contribution is 6.30. The van der Waals surface area contributed by atoms with Crippen molar-refractivity contribution in [3.63, 3.8) is 0 Å². The lowest BCUT2D eigenvalue weighted by molar-refractivity contribution is 0.102. The van der Waals surface area contributed by atoms with Crippen molar-refractivity contribution in [2.24, 2.45) is 0 Å². The number of halogens is 1. The fraction of sp³-hybridized carbons (Fsp3) is 0.150. The minimum absolute atomic E-state index is 0.183. The standard InChI is InChI=1S/C20H17ClN6O2/c1-12(2)18-25-20(29-26-18)13-6-7-17(22-9-13)27-10-16(23-11-27)19(28)24-15-5-3-4-14(21)8-15/h3-12H,1-2H3,(H,24,28). The minimum Gasteiger partial charge on any atom is -0.334 e. The van der Waals surface area contributed by atoms with Crippen LogP contribution in [0.15, 0.2) is 59.6 Å². The Morgan fingerprint density at radius 2 is 2.07 bits per heavy atom. The normalized spacial score (nSPS) is 11.0. The Hall–Kier alpha value is -3.52. The van der Waals surface area contributed by atoms with Gasteiger partial charge in [0.25, 0.3) is 11.8 Å². The molecule has 0 aliphatic heterocycles. The van der Waals surface area contributed by atoms with Crippen LogP contribution in [0.4, 0.5) is 5.69 Å². The number of nitrogens with one attached hydrogen (secondary N) is 1. The zero-order valence-electron chi connectivity index (χ0n) is 15.7. The average Bonchev–Trinajstić information content (AvgIpc) is 3.38. The van der Waals surface area contributed by atoms with Gasteiger partial charge in [-0.05, 0) is 30.3 Å². The van der Waals surface area contributed by atoms with E-state index in [0.29, 0.717) is 33.8 Å². The second-order valence-electron chi connectivity index (χ2n) is 6.65. The molecule has 0 unspecified atom stereocenters. The second-order valence-corrected chi connectivity index (χ2v) is 7.08. The van der Waals surface area contributed by atoms with Gasteiger partial charge in [-0.2, -0.15) is 4.98 Å². The summed E-state index contributed by atoms with van der Waals surface area (Å²) in [4.78, 5) is 25.3. The van der Waals surface area contributed by atoms with Crippen molar-refractivity contribution < 1.29 is 9.32 Å². The number of hydrogen-bond donors (Lipinski definition) is 1. The number of nitrogens with zero attached hydrogens (tertiary/aromatic N) is 5. The van der Waals surface area contributed by atoms with E-state index in [2.05, 4.69) is 25.4 Å². The smallest absolute Gasteiger partial charge is 0.275 e. The summed E-state index contributed by atoms with van der Waals surface area (Å²) in [5.41, 5.74) is 1.57. The van der Waals surface area contributed by atoms with Crippen molar-refractivity contribution in [2.45, 2.75) is 19.8 Å². The summed E-state index contributed by atoms with van der Waals surface area (Å²) in [6.45, 7) is 3.99. The number of rotatable bonds is 5. The van der Waals surface area contributed by atoms with E-state index >= 15 is 0 Å². The highest BCUT2D eigenvalue weighted by atomic mass is 35.5. The van der Waals surface area contributed by atoms with Crippen LogP contribution in [0.3, 0.4) is 0 Å². The molecule has 0 radical (unpaired) electrons. The van der Waals surface area contributed by atoms with Gasteiger partial charge in [0.05, 0.1) is 5.56 Å². The van der Waals surface area contributed by atoms with Crippen LogP contribution in [-0.4, -0.2) is 30.6 Å². The summed E-state index contributed by atoms with van der Waals surface area (Å²) < 4.78 is 6.93. The quantitative estimate of drug-likeness (QED) is 0.527. The third-order valence-electron chi connectivity index (χ3n) is 4.12. The molecule has 4 rings (SSSR count). The number of carbonyl (C=O) groups excluding carboxylic acids is 1. The second kappa shape index (κ2) is 7.84. The molecule has 3 heterocycles. The summed E-state index contributed by atoms with van der Waals surface area (Å²) in [6, 6.07) is 10.5. The van der Waals surface area contributed by atoms with E-state index in [-0.39, 0.29) is 17.5 Å². The molecule has 0 bridgehead atoms. The third kappa shape index (κ3) is 4.17. The Kier molecular flexibility index (Phi) is 5.09. The third-order valence-corrected chi connectivity index (χ3v) is 4.35. The average molecular weight is 409 g/mol. The molecule has 146 valence electrons. The van der Waals surface area contributed by atoms with Crippen molar-refractivity contribution in [1.29, 1.82) is 0 Å². The first-order valence-corrected chi connectivity index (χ1v) is 9.28. The van der Waals surface area contributed by atoms with Gasteiger partial charge < -0.3 is 9.84 Å². The predicted molar refractivity (Wildman–Crippen MR) is 108 cm³/mol. The van der Waals surface area contributed by atoms with Gasteiger partial charge in [-0.1, -0.05) is 36.7 Å². The number of aromatic nitrogens is 5. The van der Waals surface area contributed by atoms with E-state index in [1.807, 2.05) is 19.9 Å². The summed E-state index contributed by atoms with van der Waals surface area (Å²) in [5.74, 6) is 1.51. The maximum absolute atomic E-state index is 12.4. The van der Waals surface area contributed by atoms with Gasteiger partial charge in [0.2, 0.25) is 0 Å². The summed E-state index contributed by atoms with van der Waals surface area (Å²) in [7, 11) is 0. The summed E-state index contributed by atoms with van der Waals surface area (Å²) in [5, 5.41) is 7.25. The molecule has 0 fully saturated rings.